The van der Waals surface area contributed by atoms with Crippen LogP contribution in [0.3, 0.4) is 0 Å². The van der Waals surface area contributed by atoms with E-state index >= 15 is 0 Å². The van der Waals surface area contributed by atoms with E-state index in [-0.39, 0.29) is 5.60 Å². The van der Waals surface area contributed by atoms with Gasteiger partial charge in [-0.25, -0.2) is 0 Å². The van der Waals surface area contributed by atoms with Gasteiger partial charge < -0.3 is 9.47 Å². The Bertz CT molecular complexity index is 811. The molecule has 0 aromatic heterocycles. The minimum Gasteiger partial charge on any atom is -0.497 e. The Kier molecular flexibility index (Phi) is 5.81. The third-order valence-electron chi connectivity index (χ3n) is 7.13. The molecule has 1 saturated carbocycles. The standard InChI is InChI=1S/C26H34N2O2/c1-29-24-9-7-22(8-10-24)18-28-19-25(30-26(20-28)13-14-26)23-11-15-27(16-12-23)17-21-5-3-2-4-6-21/h2-10,23,25H,11-20H2,1H3. The summed E-state index contributed by atoms with van der Waals surface area (Å²) >= 11 is 0. The molecule has 1 unspecified atom stereocenters. The molecule has 2 saturated heterocycles. The van der Waals surface area contributed by atoms with Gasteiger partial charge >= 0.3 is 0 Å². The van der Waals surface area contributed by atoms with E-state index in [0.29, 0.717) is 12.0 Å². The maximum absolute atomic E-state index is 6.70. The van der Waals surface area contributed by atoms with Crippen molar-refractivity contribution in [2.24, 2.45) is 5.92 Å². The highest BCUT2D eigenvalue weighted by Crippen LogP contribution is 2.46. The molecule has 5 rings (SSSR count). The van der Waals surface area contributed by atoms with Gasteiger partial charge in [0.05, 0.1) is 18.8 Å². The summed E-state index contributed by atoms with van der Waals surface area (Å²) in [6.45, 7) is 6.61. The fraction of sp³-hybridized carbons (Fsp3) is 0.538. The number of hydrogen-bond acceptors (Lipinski definition) is 4. The fourth-order valence-electron chi connectivity index (χ4n) is 5.22. The lowest BCUT2D eigenvalue weighted by atomic mass is 9.89. The van der Waals surface area contributed by atoms with Crippen molar-refractivity contribution < 1.29 is 9.47 Å². The number of hydrogen-bond donors (Lipinski definition) is 0. The number of ether oxygens (including phenoxy) is 2. The van der Waals surface area contributed by atoms with Crippen molar-refractivity contribution in [2.75, 3.05) is 33.3 Å². The zero-order chi connectivity index (χ0) is 20.4. The van der Waals surface area contributed by atoms with E-state index in [1.165, 1.54) is 49.9 Å². The molecule has 1 spiro atoms. The van der Waals surface area contributed by atoms with Crippen molar-refractivity contribution in [3.05, 3.63) is 65.7 Å². The van der Waals surface area contributed by atoms with Crippen molar-refractivity contribution in [2.45, 2.75) is 50.5 Å². The van der Waals surface area contributed by atoms with E-state index < -0.39 is 0 Å². The van der Waals surface area contributed by atoms with E-state index in [4.69, 9.17) is 9.47 Å². The van der Waals surface area contributed by atoms with Crippen LogP contribution in [0.5, 0.6) is 5.75 Å². The number of morpholine rings is 1. The maximum Gasteiger partial charge on any atom is 0.118 e. The smallest absolute Gasteiger partial charge is 0.118 e. The van der Waals surface area contributed by atoms with Crippen LogP contribution in [0.4, 0.5) is 0 Å². The third kappa shape index (κ3) is 4.72. The third-order valence-corrected chi connectivity index (χ3v) is 7.13. The predicted molar refractivity (Wildman–Crippen MR) is 120 cm³/mol. The number of piperidine rings is 1. The highest BCUT2D eigenvalue weighted by molar-refractivity contribution is 5.27. The Hall–Kier alpha value is -1.88. The van der Waals surface area contributed by atoms with Gasteiger partial charge in [-0.1, -0.05) is 42.5 Å². The molecule has 160 valence electrons. The molecule has 0 bridgehead atoms. The molecule has 0 radical (unpaired) electrons. The van der Waals surface area contributed by atoms with Crippen molar-refractivity contribution >= 4 is 0 Å². The molecule has 2 aliphatic heterocycles. The summed E-state index contributed by atoms with van der Waals surface area (Å²) in [5.74, 6) is 1.62. The van der Waals surface area contributed by atoms with Gasteiger partial charge in [-0.15, -0.1) is 0 Å². The van der Waals surface area contributed by atoms with Crippen LogP contribution in [0.1, 0.15) is 36.8 Å². The van der Waals surface area contributed by atoms with Crippen LogP contribution in [0.25, 0.3) is 0 Å². The molecular weight excluding hydrogens is 372 g/mol. The van der Waals surface area contributed by atoms with E-state index in [9.17, 15) is 0 Å². The van der Waals surface area contributed by atoms with Gasteiger partial charge in [-0.2, -0.15) is 0 Å². The van der Waals surface area contributed by atoms with Gasteiger partial charge in [0.2, 0.25) is 0 Å². The second-order valence-corrected chi connectivity index (χ2v) is 9.46. The van der Waals surface area contributed by atoms with Crippen molar-refractivity contribution in [1.82, 2.24) is 9.80 Å². The van der Waals surface area contributed by atoms with Crippen LogP contribution in [0, 0.1) is 5.92 Å². The van der Waals surface area contributed by atoms with Gasteiger partial charge in [0.1, 0.15) is 5.75 Å². The summed E-state index contributed by atoms with van der Waals surface area (Å²) in [5, 5.41) is 0. The van der Waals surface area contributed by atoms with Gasteiger partial charge in [0.25, 0.3) is 0 Å². The number of rotatable bonds is 6. The molecule has 0 amide bonds. The van der Waals surface area contributed by atoms with E-state index in [2.05, 4.69) is 64.4 Å². The molecule has 1 atom stereocenters. The van der Waals surface area contributed by atoms with Gasteiger partial charge in [0, 0.05) is 26.2 Å². The minimum atomic E-state index is 0.149. The summed E-state index contributed by atoms with van der Waals surface area (Å²) in [6.07, 6.45) is 5.36. The highest BCUT2D eigenvalue weighted by Gasteiger charge is 2.51. The second-order valence-electron chi connectivity index (χ2n) is 9.46. The first-order valence-corrected chi connectivity index (χ1v) is 11.5. The fourth-order valence-corrected chi connectivity index (χ4v) is 5.22. The lowest BCUT2D eigenvalue weighted by molar-refractivity contribution is -0.133. The quantitative estimate of drug-likeness (QED) is 0.712. The Morgan fingerprint density at radius 3 is 2.23 bits per heavy atom. The lowest BCUT2D eigenvalue weighted by Gasteiger charge is -2.44. The Balaban J connectivity index is 1.17. The van der Waals surface area contributed by atoms with Crippen molar-refractivity contribution in [1.29, 1.82) is 0 Å². The Labute approximate surface area is 180 Å². The summed E-state index contributed by atoms with van der Waals surface area (Å²) in [4.78, 5) is 5.25. The van der Waals surface area contributed by atoms with Gasteiger partial charge in [0.15, 0.2) is 0 Å². The first-order chi connectivity index (χ1) is 14.7. The largest absolute Gasteiger partial charge is 0.497 e. The second kappa shape index (κ2) is 8.70. The molecular formula is C26H34N2O2. The average molecular weight is 407 g/mol. The molecule has 4 heteroatoms. The molecule has 3 fully saturated rings. The number of methoxy groups -OCH3 is 1. The predicted octanol–water partition coefficient (Wildman–Crippen LogP) is 4.34. The molecule has 30 heavy (non-hydrogen) atoms. The Morgan fingerprint density at radius 1 is 0.900 bits per heavy atom. The van der Waals surface area contributed by atoms with Crippen LogP contribution in [0.15, 0.2) is 54.6 Å². The zero-order valence-corrected chi connectivity index (χ0v) is 18.1. The first kappa shape index (κ1) is 20.0. The molecule has 2 heterocycles. The van der Waals surface area contributed by atoms with E-state index in [1.54, 1.807) is 7.11 Å². The minimum absolute atomic E-state index is 0.149. The van der Waals surface area contributed by atoms with E-state index in [0.717, 1.165) is 31.9 Å². The van der Waals surface area contributed by atoms with Crippen LogP contribution in [-0.4, -0.2) is 54.8 Å². The first-order valence-electron chi connectivity index (χ1n) is 11.5. The summed E-state index contributed by atoms with van der Waals surface area (Å²) in [5.41, 5.74) is 2.94. The van der Waals surface area contributed by atoms with Crippen LogP contribution < -0.4 is 4.74 Å². The molecule has 4 nitrogen and oxygen atoms in total. The van der Waals surface area contributed by atoms with Crippen LogP contribution in [0.2, 0.25) is 0 Å². The molecule has 3 aliphatic rings. The summed E-state index contributed by atoms with van der Waals surface area (Å²) in [7, 11) is 1.73. The Morgan fingerprint density at radius 2 is 1.57 bits per heavy atom. The van der Waals surface area contributed by atoms with Crippen molar-refractivity contribution in [3.8, 4) is 5.75 Å². The lowest BCUT2D eigenvalue weighted by Crippen LogP contribution is -2.52. The number of nitrogens with zero attached hydrogens (tertiary/aromatic N) is 2. The van der Waals surface area contributed by atoms with Crippen LogP contribution in [-0.2, 0) is 17.8 Å². The zero-order valence-electron chi connectivity index (χ0n) is 18.1. The monoisotopic (exact) mass is 406 g/mol. The SMILES string of the molecule is COc1ccc(CN2CC(C3CCN(Cc4ccccc4)CC3)OC3(CC3)C2)cc1. The van der Waals surface area contributed by atoms with Crippen LogP contribution >= 0.6 is 0 Å². The summed E-state index contributed by atoms with van der Waals surface area (Å²) < 4.78 is 12.0. The molecule has 1 aliphatic carbocycles. The summed E-state index contributed by atoms with van der Waals surface area (Å²) in [6, 6.07) is 19.4. The normalized spacial score (nSPS) is 24.8. The molecule has 0 N–H and O–H groups in total. The average Bonchev–Trinajstić information content (AvgIpc) is 3.53. The van der Waals surface area contributed by atoms with Gasteiger partial charge in [-0.3, -0.25) is 9.80 Å². The maximum atomic E-state index is 6.70. The van der Waals surface area contributed by atoms with Crippen molar-refractivity contribution in [3.63, 3.8) is 0 Å². The topological polar surface area (TPSA) is 24.9 Å². The van der Waals surface area contributed by atoms with E-state index in [1.807, 2.05) is 0 Å². The highest BCUT2D eigenvalue weighted by atomic mass is 16.5. The van der Waals surface area contributed by atoms with Gasteiger partial charge in [-0.05, 0) is 68.0 Å². The molecule has 2 aromatic carbocycles. The number of benzene rings is 2. The molecule has 2 aromatic rings. The number of likely N-dealkylation sites (tertiary alicyclic amines) is 1.